The van der Waals surface area contributed by atoms with E-state index in [1.54, 1.807) is 0 Å². The largest absolute Gasteiger partial charge is 0.464 e. The van der Waals surface area contributed by atoms with Gasteiger partial charge >= 0.3 is 5.97 Å². The number of esters is 1. The van der Waals surface area contributed by atoms with Crippen molar-refractivity contribution in [2.75, 3.05) is 6.61 Å². The van der Waals surface area contributed by atoms with E-state index < -0.39 is 5.54 Å². The molecule has 2 aliphatic heterocycles. The summed E-state index contributed by atoms with van der Waals surface area (Å²) in [6.45, 7) is 4.17. The second-order valence-electron chi connectivity index (χ2n) is 4.82. The Kier molecular flexibility index (Phi) is 2.74. The summed E-state index contributed by atoms with van der Waals surface area (Å²) in [5, 5.41) is 2.77. The lowest BCUT2D eigenvalue weighted by Crippen LogP contribution is -2.49. The first-order valence-corrected chi connectivity index (χ1v) is 6.78. The maximum atomic E-state index is 12.1. The molecule has 2 saturated heterocycles. The molecule has 2 atom stereocenters. The second kappa shape index (κ2) is 4.20. The number of benzene rings is 1. The van der Waals surface area contributed by atoms with Crippen molar-refractivity contribution in [1.82, 2.24) is 5.32 Å². The van der Waals surface area contributed by atoms with Crippen LogP contribution >= 0.6 is 15.9 Å². The van der Waals surface area contributed by atoms with Gasteiger partial charge in [0.2, 0.25) is 5.91 Å². The molecular formula is C14H12BrNO3. The molecule has 2 fully saturated rings. The molecule has 0 aromatic heterocycles. The van der Waals surface area contributed by atoms with Crippen molar-refractivity contribution in [3.05, 3.63) is 46.5 Å². The van der Waals surface area contributed by atoms with Gasteiger partial charge in [-0.25, -0.2) is 4.79 Å². The Morgan fingerprint density at radius 1 is 1.32 bits per heavy atom. The number of rotatable bonds is 1. The van der Waals surface area contributed by atoms with Crippen molar-refractivity contribution in [2.45, 2.75) is 17.9 Å². The van der Waals surface area contributed by atoms with E-state index in [0.717, 1.165) is 10.0 Å². The first kappa shape index (κ1) is 12.4. The van der Waals surface area contributed by atoms with Crippen LogP contribution in [-0.4, -0.2) is 24.0 Å². The lowest BCUT2D eigenvalue weighted by atomic mass is 9.78. The average molecular weight is 322 g/mol. The number of carbonyl (C=O) groups excluding carboxylic acids is 2. The number of carbonyl (C=O) groups is 2. The summed E-state index contributed by atoms with van der Waals surface area (Å²) in [5.41, 5.74) is 0.341. The fourth-order valence-corrected chi connectivity index (χ4v) is 3.10. The maximum absolute atomic E-state index is 12.1. The third kappa shape index (κ3) is 1.72. The molecule has 0 unspecified atom stereocenters. The molecule has 1 aromatic carbocycles. The van der Waals surface area contributed by atoms with E-state index in [9.17, 15) is 9.59 Å². The minimum Gasteiger partial charge on any atom is -0.464 e. The van der Waals surface area contributed by atoms with Gasteiger partial charge < -0.3 is 10.1 Å². The summed E-state index contributed by atoms with van der Waals surface area (Å²) in [7, 11) is 0. The Balaban J connectivity index is 2.10. The fourth-order valence-electron chi connectivity index (χ4n) is 2.84. The predicted octanol–water partition coefficient (Wildman–Crippen LogP) is 1.90. The fraction of sp³-hybridized carbons (Fsp3) is 0.286. The normalized spacial score (nSPS) is 29.7. The van der Waals surface area contributed by atoms with E-state index in [2.05, 4.69) is 27.8 Å². The van der Waals surface area contributed by atoms with Crippen LogP contribution in [0.15, 0.2) is 40.9 Å². The highest BCUT2D eigenvalue weighted by Crippen LogP contribution is 2.44. The van der Waals surface area contributed by atoms with Crippen molar-refractivity contribution in [3.63, 3.8) is 0 Å². The van der Waals surface area contributed by atoms with Gasteiger partial charge in [0.25, 0.3) is 0 Å². The molecule has 5 heteroatoms. The van der Waals surface area contributed by atoms with Crippen LogP contribution in [-0.2, 0) is 14.3 Å². The number of hydrogen-bond donors (Lipinski definition) is 1. The zero-order valence-electron chi connectivity index (χ0n) is 10.1. The summed E-state index contributed by atoms with van der Waals surface area (Å²) in [4.78, 5) is 24.0. The lowest BCUT2D eigenvalue weighted by Gasteiger charge is -2.26. The Morgan fingerprint density at radius 2 is 2.00 bits per heavy atom. The van der Waals surface area contributed by atoms with E-state index in [4.69, 9.17) is 4.74 Å². The Hall–Kier alpha value is -1.62. The van der Waals surface area contributed by atoms with Crippen molar-refractivity contribution < 1.29 is 14.3 Å². The molecule has 4 nitrogen and oxygen atoms in total. The van der Waals surface area contributed by atoms with Gasteiger partial charge in [-0.15, -0.1) is 0 Å². The second-order valence-corrected chi connectivity index (χ2v) is 5.74. The van der Waals surface area contributed by atoms with Crippen LogP contribution in [0.3, 0.4) is 0 Å². The molecular weight excluding hydrogens is 310 g/mol. The smallest absolute Gasteiger partial charge is 0.333 e. The van der Waals surface area contributed by atoms with Crippen LogP contribution in [0.25, 0.3) is 0 Å². The van der Waals surface area contributed by atoms with Gasteiger partial charge in [-0.3, -0.25) is 4.79 Å². The highest BCUT2D eigenvalue weighted by molar-refractivity contribution is 9.10. The monoisotopic (exact) mass is 321 g/mol. The van der Waals surface area contributed by atoms with Crippen molar-refractivity contribution in [1.29, 1.82) is 0 Å². The SMILES string of the molecule is C=C1C(=O)N[C@@]2(CCOC2=O)[C@@H]1c1ccc(Br)cc1. The molecule has 0 aliphatic carbocycles. The number of amides is 1. The van der Waals surface area contributed by atoms with Crippen LogP contribution in [0, 0.1) is 0 Å². The van der Waals surface area contributed by atoms with Crippen LogP contribution in [0.4, 0.5) is 0 Å². The Labute approximate surface area is 119 Å². The average Bonchev–Trinajstić information content (AvgIpc) is 2.85. The molecule has 1 N–H and O–H groups in total. The number of nitrogens with one attached hydrogen (secondary N) is 1. The van der Waals surface area contributed by atoms with E-state index in [1.807, 2.05) is 24.3 Å². The third-order valence-electron chi connectivity index (χ3n) is 3.77. The van der Waals surface area contributed by atoms with Crippen molar-refractivity contribution >= 4 is 27.8 Å². The first-order valence-electron chi connectivity index (χ1n) is 5.98. The quantitative estimate of drug-likeness (QED) is 0.635. The van der Waals surface area contributed by atoms with Crippen molar-refractivity contribution in [2.24, 2.45) is 0 Å². The zero-order valence-corrected chi connectivity index (χ0v) is 11.7. The van der Waals surface area contributed by atoms with Gasteiger partial charge in [0.05, 0.1) is 6.61 Å². The standard InChI is InChI=1S/C14H12BrNO3/c1-8-11(9-2-4-10(15)5-3-9)14(16-12(8)17)6-7-19-13(14)18/h2-5,11H,1,6-7H2,(H,16,17)/t11-,14-/m0/s1. The molecule has 0 radical (unpaired) electrons. The third-order valence-corrected chi connectivity index (χ3v) is 4.30. The van der Waals surface area contributed by atoms with Gasteiger partial charge in [0.1, 0.15) is 0 Å². The molecule has 2 aliphatic rings. The summed E-state index contributed by atoms with van der Waals surface area (Å²) in [5.74, 6) is -0.998. The van der Waals surface area contributed by atoms with Gasteiger partial charge in [0.15, 0.2) is 5.54 Å². The van der Waals surface area contributed by atoms with E-state index in [-0.39, 0.29) is 17.8 Å². The van der Waals surface area contributed by atoms with Crippen molar-refractivity contribution in [3.8, 4) is 0 Å². The van der Waals surface area contributed by atoms with Crippen LogP contribution in [0.1, 0.15) is 17.9 Å². The molecule has 2 heterocycles. The molecule has 1 amide bonds. The topological polar surface area (TPSA) is 55.4 Å². The summed E-state index contributed by atoms with van der Waals surface area (Å²) >= 11 is 3.37. The predicted molar refractivity (Wildman–Crippen MR) is 72.5 cm³/mol. The molecule has 3 rings (SSSR count). The number of ether oxygens (including phenoxy) is 1. The number of hydrogen-bond acceptors (Lipinski definition) is 3. The van der Waals surface area contributed by atoms with E-state index >= 15 is 0 Å². The van der Waals surface area contributed by atoms with Gasteiger partial charge in [-0.05, 0) is 17.7 Å². The lowest BCUT2D eigenvalue weighted by molar-refractivity contribution is -0.144. The minimum absolute atomic E-state index is 0.272. The minimum atomic E-state index is -0.970. The Morgan fingerprint density at radius 3 is 2.58 bits per heavy atom. The molecule has 0 bridgehead atoms. The molecule has 0 saturated carbocycles. The summed E-state index contributed by atoms with van der Waals surface area (Å²) in [6, 6.07) is 7.57. The maximum Gasteiger partial charge on any atom is 0.333 e. The molecule has 19 heavy (non-hydrogen) atoms. The summed E-state index contributed by atoms with van der Waals surface area (Å²) < 4.78 is 6.01. The van der Waals surface area contributed by atoms with E-state index in [1.165, 1.54) is 0 Å². The molecule has 1 aromatic rings. The van der Waals surface area contributed by atoms with E-state index in [0.29, 0.717) is 18.6 Å². The van der Waals surface area contributed by atoms with Gasteiger partial charge in [-0.1, -0.05) is 34.6 Å². The number of halogens is 1. The number of cyclic esters (lactones) is 1. The Bertz CT molecular complexity index is 581. The van der Waals surface area contributed by atoms with Crippen LogP contribution < -0.4 is 5.32 Å². The van der Waals surface area contributed by atoms with Gasteiger partial charge in [-0.2, -0.15) is 0 Å². The van der Waals surface area contributed by atoms with Gasteiger partial charge in [0, 0.05) is 22.4 Å². The van der Waals surface area contributed by atoms with Crippen LogP contribution in [0.5, 0.6) is 0 Å². The molecule has 1 spiro atoms. The summed E-state index contributed by atoms with van der Waals surface area (Å²) in [6.07, 6.45) is 0.483. The zero-order chi connectivity index (χ0) is 13.6. The highest BCUT2D eigenvalue weighted by atomic mass is 79.9. The first-order chi connectivity index (χ1) is 9.04. The highest BCUT2D eigenvalue weighted by Gasteiger charge is 2.58. The van der Waals surface area contributed by atoms with Crippen LogP contribution in [0.2, 0.25) is 0 Å². The molecule has 98 valence electrons.